The van der Waals surface area contributed by atoms with E-state index in [1.54, 1.807) is 6.20 Å². The van der Waals surface area contributed by atoms with Gasteiger partial charge in [-0.25, -0.2) is 4.98 Å². The number of thiazole rings is 1. The van der Waals surface area contributed by atoms with Gasteiger partial charge < -0.3 is 9.88 Å². The average Bonchev–Trinajstić information content (AvgIpc) is 3.12. The van der Waals surface area contributed by atoms with E-state index in [-0.39, 0.29) is 11.4 Å². The van der Waals surface area contributed by atoms with Gasteiger partial charge in [-0.05, 0) is 31.9 Å². The topological polar surface area (TPSA) is 46.9 Å². The number of nitrogens with one attached hydrogen (secondary N) is 1. The first-order valence-corrected chi connectivity index (χ1v) is 8.35. The first kappa shape index (κ1) is 14.3. The monoisotopic (exact) mass is 303 g/mol. The number of rotatable bonds is 4. The molecule has 1 N–H and O–H groups in total. The minimum atomic E-state index is -0.0574. The van der Waals surface area contributed by atoms with Gasteiger partial charge in [-0.2, -0.15) is 0 Å². The van der Waals surface area contributed by atoms with Crippen molar-refractivity contribution in [1.29, 1.82) is 0 Å². The van der Waals surface area contributed by atoms with Crippen molar-refractivity contribution in [3.8, 4) is 0 Å². The molecular formula is C16H21N3OS. The fourth-order valence-corrected chi connectivity index (χ4v) is 3.94. The van der Waals surface area contributed by atoms with Crippen molar-refractivity contribution in [3.63, 3.8) is 0 Å². The Labute approximate surface area is 129 Å². The summed E-state index contributed by atoms with van der Waals surface area (Å²) in [6, 6.07) is 4.08. The number of carbonyl (C=O) groups excluding carboxylic acids is 1. The minimum absolute atomic E-state index is 0.0574. The number of hydrogen-bond donors (Lipinski definition) is 1. The summed E-state index contributed by atoms with van der Waals surface area (Å²) < 4.78 is 2.23. The quantitative estimate of drug-likeness (QED) is 0.930. The van der Waals surface area contributed by atoms with Crippen LogP contribution >= 0.6 is 11.3 Å². The molecule has 112 valence electrons. The molecule has 1 aliphatic carbocycles. The normalized spacial score (nSPS) is 17.6. The second-order valence-corrected chi connectivity index (χ2v) is 7.11. The molecule has 0 unspecified atom stereocenters. The van der Waals surface area contributed by atoms with E-state index in [9.17, 15) is 4.79 Å². The van der Waals surface area contributed by atoms with Gasteiger partial charge in [-0.15, -0.1) is 11.3 Å². The summed E-state index contributed by atoms with van der Waals surface area (Å²) in [6.45, 7) is 2.00. The van der Waals surface area contributed by atoms with Crippen molar-refractivity contribution in [2.24, 2.45) is 0 Å². The molecule has 0 aromatic carbocycles. The van der Waals surface area contributed by atoms with E-state index in [0.717, 1.165) is 17.7 Å². The molecule has 2 aromatic heterocycles. The predicted octanol–water partition coefficient (Wildman–Crippen LogP) is 3.94. The Bertz CT molecular complexity index is 597. The Balaban J connectivity index is 1.74. The smallest absolute Gasteiger partial charge is 0.228 e. The van der Waals surface area contributed by atoms with Crippen LogP contribution in [0, 0.1) is 6.92 Å². The molecule has 21 heavy (non-hydrogen) atoms. The highest BCUT2D eigenvalue weighted by atomic mass is 32.1. The molecule has 0 spiro atoms. The molecule has 0 radical (unpaired) electrons. The van der Waals surface area contributed by atoms with Gasteiger partial charge in [0.1, 0.15) is 0 Å². The summed E-state index contributed by atoms with van der Waals surface area (Å²) in [4.78, 5) is 17.8. The molecule has 0 saturated heterocycles. The minimum Gasteiger partial charge on any atom is -0.348 e. The maximum absolute atomic E-state index is 12.4. The lowest BCUT2D eigenvalue weighted by molar-refractivity contribution is -0.118. The molecule has 1 saturated carbocycles. The van der Waals surface area contributed by atoms with Gasteiger partial charge in [-0.3, -0.25) is 4.79 Å². The van der Waals surface area contributed by atoms with Crippen LogP contribution in [0.4, 0.5) is 5.13 Å². The first-order valence-electron chi connectivity index (χ1n) is 7.54. The lowest BCUT2D eigenvalue weighted by atomic mass is 9.79. The maximum Gasteiger partial charge on any atom is 0.228 e. The Morgan fingerprint density at radius 2 is 2.05 bits per heavy atom. The van der Waals surface area contributed by atoms with Crippen LogP contribution in [0.5, 0.6) is 0 Å². The molecule has 0 bridgehead atoms. The molecule has 0 aliphatic heterocycles. The fraction of sp³-hybridized carbons (Fsp3) is 0.500. The number of hydrogen-bond acceptors (Lipinski definition) is 3. The van der Waals surface area contributed by atoms with Crippen LogP contribution in [0.2, 0.25) is 0 Å². The number of nitrogens with zero attached hydrogens (tertiary/aromatic N) is 2. The van der Waals surface area contributed by atoms with Crippen molar-refractivity contribution < 1.29 is 4.79 Å². The van der Waals surface area contributed by atoms with Gasteiger partial charge in [0.25, 0.3) is 0 Å². The lowest BCUT2D eigenvalue weighted by Crippen LogP contribution is -2.38. The van der Waals surface area contributed by atoms with Crippen molar-refractivity contribution >= 4 is 22.4 Å². The van der Waals surface area contributed by atoms with Crippen molar-refractivity contribution in [1.82, 2.24) is 9.55 Å². The molecule has 0 atom stereocenters. The number of carbonyl (C=O) groups is 1. The standard InChI is InChI=1S/C16H21N3OS/c1-13-12-17-15(21-13)18-14(20)11-16(7-3-2-4-8-16)19-9-5-6-10-19/h5-6,9-10,12H,2-4,7-8,11H2,1H3,(H,17,18,20). The molecule has 2 heterocycles. The van der Waals surface area contributed by atoms with Crippen LogP contribution in [0.1, 0.15) is 43.4 Å². The Kier molecular flexibility index (Phi) is 4.10. The molecule has 5 heteroatoms. The van der Waals surface area contributed by atoms with Crippen molar-refractivity contribution in [2.75, 3.05) is 5.32 Å². The van der Waals surface area contributed by atoms with Crippen molar-refractivity contribution in [3.05, 3.63) is 35.6 Å². The van der Waals surface area contributed by atoms with Crippen molar-refractivity contribution in [2.45, 2.75) is 51.0 Å². The molecular weight excluding hydrogens is 282 g/mol. The zero-order valence-electron chi connectivity index (χ0n) is 12.3. The van der Waals surface area contributed by atoms with E-state index < -0.39 is 0 Å². The van der Waals surface area contributed by atoms with E-state index in [4.69, 9.17) is 0 Å². The second kappa shape index (κ2) is 6.02. The zero-order chi connectivity index (χ0) is 14.7. The summed E-state index contributed by atoms with van der Waals surface area (Å²) in [5.74, 6) is 0.0694. The largest absolute Gasteiger partial charge is 0.348 e. The van der Waals surface area contributed by atoms with Crippen LogP contribution in [0.25, 0.3) is 0 Å². The SMILES string of the molecule is Cc1cnc(NC(=O)CC2(n3cccc3)CCCCC2)s1. The van der Waals surface area contributed by atoms with Gasteiger partial charge in [0, 0.05) is 23.5 Å². The molecule has 1 amide bonds. The van der Waals surface area contributed by atoms with Crippen LogP contribution in [-0.4, -0.2) is 15.5 Å². The highest BCUT2D eigenvalue weighted by Gasteiger charge is 2.35. The van der Waals surface area contributed by atoms with E-state index in [0.29, 0.717) is 11.6 Å². The third-order valence-corrected chi connectivity index (χ3v) is 5.12. The third kappa shape index (κ3) is 3.18. The number of anilines is 1. The highest BCUT2D eigenvalue weighted by Crippen LogP contribution is 2.38. The van der Waals surface area contributed by atoms with E-state index in [2.05, 4.69) is 27.3 Å². The molecule has 4 nitrogen and oxygen atoms in total. The number of aryl methyl sites for hydroxylation is 1. The number of aromatic nitrogens is 2. The van der Waals surface area contributed by atoms with Gasteiger partial charge in [0.15, 0.2) is 5.13 Å². The van der Waals surface area contributed by atoms with Gasteiger partial charge >= 0.3 is 0 Å². The van der Waals surface area contributed by atoms with Crippen LogP contribution in [0.3, 0.4) is 0 Å². The van der Waals surface area contributed by atoms with Gasteiger partial charge in [-0.1, -0.05) is 19.3 Å². The number of amides is 1. The summed E-state index contributed by atoms with van der Waals surface area (Å²) in [7, 11) is 0. The molecule has 2 aromatic rings. The summed E-state index contributed by atoms with van der Waals surface area (Å²) in [5.41, 5.74) is -0.0574. The predicted molar refractivity (Wildman–Crippen MR) is 85.6 cm³/mol. The lowest BCUT2D eigenvalue weighted by Gasteiger charge is -2.38. The Hall–Kier alpha value is -1.62. The van der Waals surface area contributed by atoms with Gasteiger partial charge in [0.2, 0.25) is 5.91 Å². The second-order valence-electron chi connectivity index (χ2n) is 5.88. The molecule has 3 rings (SSSR count). The molecule has 1 aliphatic rings. The Morgan fingerprint density at radius 1 is 1.33 bits per heavy atom. The first-order chi connectivity index (χ1) is 10.2. The summed E-state index contributed by atoms with van der Waals surface area (Å²) in [6.07, 6.45) is 12.3. The van der Waals surface area contributed by atoms with Crippen LogP contribution in [-0.2, 0) is 10.3 Å². The maximum atomic E-state index is 12.4. The highest BCUT2D eigenvalue weighted by molar-refractivity contribution is 7.15. The van der Waals surface area contributed by atoms with E-state index in [1.165, 1.54) is 30.6 Å². The summed E-state index contributed by atoms with van der Waals surface area (Å²) in [5, 5.41) is 3.66. The van der Waals surface area contributed by atoms with Crippen LogP contribution in [0.15, 0.2) is 30.7 Å². The average molecular weight is 303 g/mol. The Morgan fingerprint density at radius 3 is 2.67 bits per heavy atom. The van der Waals surface area contributed by atoms with Crippen LogP contribution < -0.4 is 5.32 Å². The molecule has 1 fully saturated rings. The fourth-order valence-electron chi connectivity index (χ4n) is 3.26. The van der Waals surface area contributed by atoms with E-state index in [1.807, 2.05) is 19.1 Å². The van der Waals surface area contributed by atoms with Gasteiger partial charge in [0.05, 0.1) is 12.0 Å². The third-order valence-electron chi connectivity index (χ3n) is 4.29. The van der Waals surface area contributed by atoms with E-state index >= 15 is 0 Å². The zero-order valence-corrected chi connectivity index (χ0v) is 13.2. The summed E-state index contributed by atoms with van der Waals surface area (Å²) >= 11 is 1.52.